The predicted molar refractivity (Wildman–Crippen MR) is 138 cm³/mol. The number of aliphatic carboxylic acids is 1. The van der Waals surface area contributed by atoms with Gasteiger partial charge in [-0.05, 0) is 48.5 Å². The van der Waals surface area contributed by atoms with Gasteiger partial charge in [-0.3, -0.25) is 4.79 Å². The van der Waals surface area contributed by atoms with Crippen LogP contribution >= 0.6 is 23.2 Å². The predicted octanol–water partition coefficient (Wildman–Crippen LogP) is 4.53. The molecule has 0 fully saturated rings. The van der Waals surface area contributed by atoms with Gasteiger partial charge < -0.3 is 24.8 Å². The maximum Gasteiger partial charge on any atom is 0.349 e. The number of amides is 1. The van der Waals surface area contributed by atoms with Gasteiger partial charge in [0.1, 0.15) is 0 Å². The van der Waals surface area contributed by atoms with Crippen LogP contribution < -0.4 is 10.2 Å². The molecule has 0 radical (unpaired) electrons. The molecule has 2 atom stereocenters. The minimum atomic E-state index is -2.21. The number of carboxylic acids is 1. The van der Waals surface area contributed by atoms with Crippen LogP contribution in [0.3, 0.4) is 0 Å². The van der Waals surface area contributed by atoms with E-state index in [1.807, 2.05) is 19.0 Å². The fraction of sp³-hybridized carbons (Fsp3) is 0.154. The average Bonchev–Trinajstić information content (AvgIpc) is 2.86. The molecule has 0 saturated heterocycles. The maximum absolute atomic E-state index is 13.2. The Hall–Kier alpha value is -4.08. The standard InChI is InChI=1S/C26H22Cl2N2O7/c1-30(2)16-13-11-15(12-14-16)29-23(31)21(36-25(34)17-7-3-5-9-19(17)27)22(24(32)33)37-26(35)18-8-4-6-10-20(18)28/h3-14,21-22H,1-2H3,(H,29,31)(H,32,33)/t21-,22-/m0/s1. The first kappa shape index (κ1) is 27.5. The van der Waals surface area contributed by atoms with E-state index >= 15 is 0 Å². The minimum absolute atomic E-state index is 0.00619. The summed E-state index contributed by atoms with van der Waals surface area (Å²) in [5, 5.41) is 12.4. The van der Waals surface area contributed by atoms with E-state index in [-0.39, 0.29) is 26.9 Å². The van der Waals surface area contributed by atoms with Gasteiger partial charge in [0.15, 0.2) is 0 Å². The minimum Gasteiger partial charge on any atom is -0.478 e. The lowest BCUT2D eigenvalue weighted by Crippen LogP contribution is -2.48. The molecule has 9 nitrogen and oxygen atoms in total. The molecule has 192 valence electrons. The van der Waals surface area contributed by atoms with Crippen LogP contribution in [0.4, 0.5) is 11.4 Å². The summed E-state index contributed by atoms with van der Waals surface area (Å²) in [5.74, 6) is -4.98. The van der Waals surface area contributed by atoms with Crippen molar-refractivity contribution in [3.63, 3.8) is 0 Å². The third-order valence-electron chi connectivity index (χ3n) is 5.08. The molecule has 0 saturated carbocycles. The smallest absolute Gasteiger partial charge is 0.349 e. The van der Waals surface area contributed by atoms with Gasteiger partial charge in [0.2, 0.25) is 12.2 Å². The molecule has 0 spiro atoms. The van der Waals surface area contributed by atoms with Crippen molar-refractivity contribution in [1.82, 2.24) is 0 Å². The zero-order valence-corrected chi connectivity index (χ0v) is 21.2. The highest BCUT2D eigenvalue weighted by atomic mass is 35.5. The van der Waals surface area contributed by atoms with Crippen LogP contribution in [0.1, 0.15) is 20.7 Å². The highest BCUT2D eigenvalue weighted by Gasteiger charge is 2.41. The summed E-state index contributed by atoms with van der Waals surface area (Å²) in [6.45, 7) is 0. The normalized spacial score (nSPS) is 12.1. The van der Waals surface area contributed by atoms with E-state index in [9.17, 15) is 24.3 Å². The van der Waals surface area contributed by atoms with Crippen LogP contribution in [0.5, 0.6) is 0 Å². The van der Waals surface area contributed by atoms with E-state index < -0.39 is 36.0 Å². The molecule has 0 aliphatic carbocycles. The van der Waals surface area contributed by atoms with Crippen molar-refractivity contribution in [2.24, 2.45) is 0 Å². The van der Waals surface area contributed by atoms with Gasteiger partial charge >= 0.3 is 17.9 Å². The molecule has 3 aromatic carbocycles. The molecule has 37 heavy (non-hydrogen) atoms. The first-order valence-electron chi connectivity index (χ1n) is 10.8. The summed E-state index contributed by atoms with van der Waals surface area (Å²) in [5.41, 5.74) is 0.887. The number of ether oxygens (including phenoxy) is 2. The molecular formula is C26H22Cl2N2O7. The summed E-state index contributed by atoms with van der Waals surface area (Å²) in [7, 11) is 3.67. The highest BCUT2D eigenvalue weighted by molar-refractivity contribution is 6.34. The third-order valence-corrected chi connectivity index (χ3v) is 5.74. The number of hydrogen-bond donors (Lipinski definition) is 2. The number of carbonyl (C=O) groups excluding carboxylic acids is 3. The number of nitrogens with one attached hydrogen (secondary N) is 1. The SMILES string of the molecule is CN(C)c1ccc(NC(=O)[C@@H](OC(=O)c2ccccc2Cl)[C@H](OC(=O)c2ccccc2Cl)C(=O)O)cc1. The molecule has 0 aromatic heterocycles. The highest BCUT2D eigenvalue weighted by Crippen LogP contribution is 2.22. The molecule has 0 bridgehead atoms. The van der Waals surface area contributed by atoms with Crippen molar-refractivity contribution in [3.05, 3.63) is 94.0 Å². The van der Waals surface area contributed by atoms with Gasteiger partial charge in [-0.2, -0.15) is 0 Å². The molecule has 0 aliphatic heterocycles. The van der Waals surface area contributed by atoms with Crippen molar-refractivity contribution in [1.29, 1.82) is 0 Å². The molecule has 3 rings (SSSR count). The first-order chi connectivity index (χ1) is 17.6. The Balaban J connectivity index is 1.93. The Morgan fingerprint density at radius 2 is 1.22 bits per heavy atom. The molecule has 3 aromatic rings. The molecule has 11 heteroatoms. The van der Waals surface area contributed by atoms with Gasteiger partial charge in [0.05, 0.1) is 21.2 Å². The van der Waals surface area contributed by atoms with Crippen molar-refractivity contribution in [2.45, 2.75) is 12.2 Å². The van der Waals surface area contributed by atoms with E-state index in [4.69, 9.17) is 32.7 Å². The fourth-order valence-corrected chi connectivity index (χ4v) is 3.59. The van der Waals surface area contributed by atoms with Crippen molar-refractivity contribution < 1.29 is 33.8 Å². The molecule has 0 heterocycles. The van der Waals surface area contributed by atoms with Crippen LogP contribution in [0.15, 0.2) is 72.8 Å². The summed E-state index contributed by atoms with van der Waals surface area (Å²) in [4.78, 5) is 52.7. The number of rotatable bonds is 9. The second kappa shape index (κ2) is 12.2. The second-order valence-electron chi connectivity index (χ2n) is 7.88. The van der Waals surface area contributed by atoms with Gasteiger partial charge in [0.25, 0.3) is 5.91 Å². The molecular weight excluding hydrogens is 523 g/mol. The number of carboxylic acid groups (broad SMARTS) is 1. The Kier molecular flexibility index (Phi) is 9.10. The number of halogens is 2. The third kappa shape index (κ3) is 6.99. The Morgan fingerprint density at radius 1 is 0.757 bits per heavy atom. The lowest BCUT2D eigenvalue weighted by molar-refractivity contribution is -0.157. The number of hydrogen-bond acceptors (Lipinski definition) is 7. The largest absolute Gasteiger partial charge is 0.478 e. The van der Waals surface area contributed by atoms with E-state index in [0.29, 0.717) is 0 Å². The second-order valence-corrected chi connectivity index (χ2v) is 8.69. The lowest BCUT2D eigenvalue weighted by Gasteiger charge is -2.24. The molecule has 0 unspecified atom stereocenters. The number of esters is 2. The summed E-state index contributed by atoms with van der Waals surface area (Å²) in [6, 6.07) is 18.2. The molecule has 1 amide bonds. The van der Waals surface area contributed by atoms with E-state index in [1.165, 1.54) is 36.4 Å². The lowest BCUT2D eigenvalue weighted by atomic mass is 10.1. The number of benzene rings is 3. The van der Waals surface area contributed by atoms with Crippen molar-refractivity contribution in [2.75, 3.05) is 24.3 Å². The van der Waals surface area contributed by atoms with Crippen LogP contribution in [0.2, 0.25) is 10.0 Å². The van der Waals surface area contributed by atoms with Crippen LogP contribution in [-0.2, 0) is 19.1 Å². The Labute approximate surface area is 222 Å². The number of anilines is 2. The molecule has 2 N–H and O–H groups in total. The van der Waals surface area contributed by atoms with Crippen LogP contribution in [-0.4, -0.2) is 55.2 Å². The Morgan fingerprint density at radius 3 is 1.65 bits per heavy atom. The number of nitrogens with zero attached hydrogens (tertiary/aromatic N) is 1. The summed E-state index contributed by atoms with van der Waals surface area (Å²) in [6.07, 6.45) is -4.29. The van der Waals surface area contributed by atoms with E-state index in [1.54, 1.807) is 36.4 Å². The molecule has 0 aliphatic rings. The number of carbonyl (C=O) groups is 4. The van der Waals surface area contributed by atoms with Gasteiger partial charge in [-0.1, -0.05) is 47.5 Å². The zero-order valence-electron chi connectivity index (χ0n) is 19.7. The van der Waals surface area contributed by atoms with Gasteiger partial charge in [-0.15, -0.1) is 0 Å². The van der Waals surface area contributed by atoms with Crippen LogP contribution in [0, 0.1) is 0 Å². The topological polar surface area (TPSA) is 122 Å². The quantitative estimate of drug-likeness (QED) is 0.376. The van der Waals surface area contributed by atoms with Crippen molar-refractivity contribution >= 4 is 58.4 Å². The summed E-state index contributed by atoms with van der Waals surface area (Å²) < 4.78 is 10.4. The Bertz CT molecular complexity index is 1310. The van der Waals surface area contributed by atoms with E-state index in [2.05, 4.69) is 5.32 Å². The zero-order chi connectivity index (χ0) is 27.1. The van der Waals surface area contributed by atoms with Crippen molar-refractivity contribution in [3.8, 4) is 0 Å². The maximum atomic E-state index is 13.2. The van der Waals surface area contributed by atoms with Gasteiger partial charge in [-0.25, -0.2) is 14.4 Å². The monoisotopic (exact) mass is 544 g/mol. The average molecular weight is 545 g/mol. The first-order valence-corrected chi connectivity index (χ1v) is 11.6. The van der Waals surface area contributed by atoms with E-state index in [0.717, 1.165) is 5.69 Å². The van der Waals surface area contributed by atoms with Gasteiger partial charge in [0, 0.05) is 25.5 Å². The van der Waals surface area contributed by atoms with Crippen LogP contribution in [0.25, 0.3) is 0 Å². The fourth-order valence-electron chi connectivity index (χ4n) is 3.16. The summed E-state index contributed by atoms with van der Waals surface area (Å²) >= 11 is 12.1.